The molecule has 52 heavy (non-hydrogen) atoms. The number of nitro groups is 2. The van der Waals surface area contributed by atoms with E-state index in [0.717, 1.165) is 29.2 Å². The Morgan fingerprint density at radius 2 is 1.48 bits per heavy atom. The Bertz CT molecular complexity index is 2160. The second-order valence-electron chi connectivity index (χ2n) is 13.5. The molecule has 4 amide bonds. The first-order valence-corrected chi connectivity index (χ1v) is 16.7. The summed E-state index contributed by atoms with van der Waals surface area (Å²) in [5.74, 6) is -8.54. The van der Waals surface area contributed by atoms with Crippen molar-refractivity contribution < 1.29 is 38.5 Å². The standard InChI is InChI=1S/C35H28Cl2FN5O9/c1-16-12-17(4-11-26(16)44)28-21-9-10-22-27(23(21)15-34(36)32(47)41(33(48)35(28,34)37)19-7-5-18(38)6-8-19)31(46)40(30(22)45)20-13-24(42(49)50)29(39(2)3)25(14-20)43(51)52/h4-9,11-14,22-23,27-28,44H,10,15H2,1-3H3. The topological polar surface area (TPSA) is 185 Å². The van der Waals surface area contributed by atoms with Crippen molar-refractivity contribution in [3.05, 3.63) is 103 Å². The van der Waals surface area contributed by atoms with Gasteiger partial charge in [-0.1, -0.05) is 23.8 Å². The summed E-state index contributed by atoms with van der Waals surface area (Å²) in [5, 5.41) is 34.5. The number of hydrogen-bond donors (Lipinski definition) is 1. The highest BCUT2D eigenvalue weighted by atomic mass is 35.5. The lowest BCUT2D eigenvalue weighted by atomic mass is 9.56. The molecule has 1 saturated carbocycles. The van der Waals surface area contributed by atoms with E-state index < -0.39 is 90.5 Å². The first kappa shape index (κ1) is 35.0. The molecule has 2 aliphatic heterocycles. The summed E-state index contributed by atoms with van der Waals surface area (Å²) in [6, 6.07) is 10.9. The zero-order chi connectivity index (χ0) is 37.8. The maximum Gasteiger partial charge on any atom is 0.301 e. The molecule has 2 aliphatic carbocycles. The predicted octanol–water partition coefficient (Wildman–Crippen LogP) is 5.49. The average Bonchev–Trinajstić information content (AvgIpc) is 3.43. The van der Waals surface area contributed by atoms with Gasteiger partial charge < -0.3 is 10.0 Å². The van der Waals surface area contributed by atoms with Crippen molar-refractivity contribution in [1.82, 2.24) is 0 Å². The quantitative estimate of drug-likeness (QED) is 0.111. The lowest BCUT2D eigenvalue weighted by Gasteiger charge is -2.50. The Kier molecular flexibility index (Phi) is 7.96. The highest BCUT2D eigenvalue weighted by molar-refractivity contribution is 6.58. The summed E-state index contributed by atoms with van der Waals surface area (Å²) in [6.45, 7) is 1.61. The molecule has 6 atom stereocenters. The molecule has 0 spiro atoms. The van der Waals surface area contributed by atoms with E-state index >= 15 is 0 Å². The number of alkyl halides is 2. The van der Waals surface area contributed by atoms with Gasteiger partial charge >= 0.3 is 11.4 Å². The summed E-state index contributed by atoms with van der Waals surface area (Å²) in [5.41, 5.74) is -0.894. The number of phenolic OH excluding ortho intramolecular Hbond substituents is 1. The van der Waals surface area contributed by atoms with Crippen LogP contribution in [0.4, 0.5) is 32.8 Å². The maximum absolute atomic E-state index is 14.5. The zero-order valence-electron chi connectivity index (χ0n) is 27.6. The number of hydrogen-bond acceptors (Lipinski definition) is 10. The van der Waals surface area contributed by atoms with Crippen LogP contribution in [0.1, 0.15) is 29.9 Å². The number of allylic oxidation sites excluding steroid dienone is 2. The fourth-order valence-corrected chi connectivity index (χ4v) is 9.28. The van der Waals surface area contributed by atoms with Crippen molar-refractivity contribution in [3.63, 3.8) is 0 Å². The second kappa shape index (κ2) is 11.8. The molecule has 2 saturated heterocycles. The van der Waals surface area contributed by atoms with E-state index in [-0.39, 0.29) is 29.2 Å². The number of nitro benzene ring substituents is 2. The van der Waals surface area contributed by atoms with Crippen LogP contribution in [0, 0.1) is 50.7 Å². The smallest absolute Gasteiger partial charge is 0.301 e. The highest BCUT2D eigenvalue weighted by Gasteiger charge is 2.76. The molecule has 7 rings (SSSR count). The Labute approximate surface area is 304 Å². The van der Waals surface area contributed by atoms with Gasteiger partial charge in [0.2, 0.25) is 11.8 Å². The molecular formula is C35H28Cl2FN5O9. The number of carbonyl (C=O) groups excluding carboxylic acids is 4. The molecule has 0 bridgehead atoms. The van der Waals surface area contributed by atoms with Crippen molar-refractivity contribution in [2.45, 2.75) is 35.4 Å². The molecule has 17 heteroatoms. The van der Waals surface area contributed by atoms with Gasteiger partial charge in [0.15, 0.2) is 15.4 Å². The maximum atomic E-state index is 14.5. The summed E-state index contributed by atoms with van der Waals surface area (Å²) in [7, 11) is 2.76. The highest BCUT2D eigenvalue weighted by Crippen LogP contribution is 2.66. The van der Waals surface area contributed by atoms with Crippen molar-refractivity contribution in [2.75, 3.05) is 28.8 Å². The fourth-order valence-electron chi connectivity index (χ4n) is 8.34. The number of amides is 4. The number of rotatable bonds is 6. The number of benzene rings is 3. The van der Waals surface area contributed by atoms with Crippen molar-refractivity contribution >= 4 is 75.3 Å². The zero-order valence-corrected chi connectivity index (χ0v) is 29.1. The van der Waals surface area contributed by atoms with E-state index in [1.165, 1.54) is 43.3 Å². The summed E-state index contributed by atoms with van der Waals surface area (Å²) < 4.78 is 13.9. The van der Waals surface area contributed by atoms with Crippen LogP contribution in [0.2, 0.25) is 0 Å². The Morgan fingerprint density at radius 3 is 2.04 bits per heavy atom. The normalized spacial score (nSPS) is 28.0. The van der Waals surface area contributed by atoms with E-state index in [2.05, 4.69) is 0 Å². The molecular weight excluding hydrogens is 724 g/mol. The number of phenols is 1. The van der Waals surface area contributed by atoms with Crippen LogP contribution in [0.3, 0.4) is 0 Å². The molecule has 4 aliphatic rings. The van der Waals surface area contributed by atoms with Crippen LogP contribution < -0.4 is 14.7 Å². The van der Waals surface area contributed by atoms with Crippen LogP contribution in [-0.2, 0) is 19.2 Å². The molecule has 14 nitrogen and oxygen atoms in total. The molecule has 6 unspecified atom stereocenters. The largest absolute Gasteiger partial charge is 0.508 e. The molecule has 2 heterocycles. The Balaban J connectivity index is 1.39. The third-order valence-electron chi connectivity index (χ3n) is 10.6. The van der Waals surface area contributed by atoms with Gasteiger partial charge in [0.05, 0.1) is 33.1 Å². The van der Waals surface area contributed by atoms with Crippen LogP contribution in [-0.4, -0.2) is 62.4 Å². The third kappa shape index (κ3) is 4.68. The summed E-state index contributed by atoms with van der Waals surface area (Å²) in [4.78, 5) is 78.2. The lowest BCUT2D eigenvalue weighted by molar-refractivity contribution is -0.392. The van der Waals surface area contributed by atoms with Gasteiger partial charge in [-0.2, -0.15) is 0 Å². The average molecular weight is 753 g/mol. The Morgan fingerprint density at radius 1 is 0.865 bits per heavy atom. The van der Waals surface area contributed by atoms with E-state index in [1.807, 2.05) is 0 Å². The third-order valence-corrected chi connectivity index (χ3v) is 12.0. The first-order chi connectivity index (χ1) is 24.4. The van der Waals surface area contributed by atoms with Crippen molar-refractivity contribution in [1.29, 1.82) is 0 Å². The fraction of sp³-hybridized carbons (Fsp3) is 0.314. The van der Waals surface area contributed by atoms with Gasteiger partial charge in [-0.05, 0) is 67.1 Å². The first-order valence-electron chi connectivity index (χ1n) is 16.0. The van der Waals surface area contributed by atoms with Gasteiger partial charge in [0, 0.05) is 32.1 Å². The minimum atomic E-state index is -2.22. The molecule has 0 radical (unpaired) electrons. The van der Waals surface area contributed by atoms with Crippen LogP contribution >= 0.6 is 23.2 Å². The van der Waals surface area contributed by atoms with Crippen LogP contribution in [0.25, 0.3) is 0 Å². The van der Waals surface area contributed by atoms with E-state index in [9.17, 15) is 48.9 Å². The SMILES string of the molecule is Cc1cc(C2C3=CCC4C(=O)N(c5cc([N+](=O)[O-])c(N(C)C)c([N+](=O)[O-])c5)C(=O)C4C3CC3(Cl)C(=O)N(c4ccc(F)cc4)C(=O)C23Cl)ccc1O. The molecule has 0 aromatic heterocycles. The Hall–Kier alpha value is -5.41. The van der Waals surface area contributed by atoms with E-state index in [1.54, 1.807) is 19.1 Å². The van der Waals surface area contributed by atoms with Crippen LogP contribution in [0.5, 0.6) is 5.75 Å². The number of imide groups is 2. The van der Waals surface area contributed by atoms with Gasteiger partial charge in [0.25, 0.3) is 11.8 Å². The minimum absolute atomic E-state index is 0.00368. The van der Waals surface area contributed by atoms with Gasteiger partial charge in [-0.25, -0.2) is 14.2 Å². The van der Waals surface area contributed by atoms with E-state index in [4.69, 9.17) is 23.2 Å². The van der Waals surface area contributed by atoms with E-state index in [0.29, 0.717) is 21.6 Å². The number of halogens is 3. The van der Waals surface area contributed by atoms with Crippen molar-refractivity contribution in [3.8, 4) is 5.75 Å². The minimum Gasteiger partial charge on any atom is -0.508 e. The molecule has 3 aromatic rings. The number of aromatic hydroxyl groups is 1. The van der Waals surface area contributed by atoms with Gasteiger partial charge in [-0.15, -0.1) is 23.2 Å². The van der Waals surface area contributed by atoms with Gasteiger partial charge in [-0.3, -0.25) is 39.4 Å². The lowest BCUT2D eigenvalue weighted by Crippen LogP contribution is -2.60. The van der Waals surface area contributed by atoms with Crippen molar-refractivity contribution in [2.24, 2.45) is 17.8 Å². The summed E-state index contributed by atoms with van der Waals surface area (Å²) in [6.07, 6.45) is 1.23. The number of aryl methyl sites for hydroxylation is 1. The predicted molar refractivity (Wildman–Crippen MR) is 186 cm³/mol. The monoisotopic (exact) mass is 751 g/mol. The molecule has 3 fully saturated rings. The number of anilines is 3. The number of carbonyl (C=O) groups is 4. The van der Waals surface area contributed by atoms with Crippen LogP contribution in [0.15, 0.2) is 66.2 Å². The molecule has 1 N–H and O–H groups in total. The number of fused-ring (bicyclic) bond motifs is 4. The molecule has 268 valence electrons. The van der Waals surface area contributed by atoms with Gasteiger partial charge in [0.1, 0.15) is 11.6 Å². The second-order valence-corrected chi connectivity index (χ2v) is 14.8. The molecule has 3 aromatic carbocycles. The summed E-state index contributed by atoms with van der Waals surface area (Å²) >= 11 is 14.7. The number of nitrogens with zero attached hydrogens (tertiary/aromatic N) is 5.